The first-order valence-corrected chi connectivity index (χ1v) is 22.9. The molecule has 0 spiro atoms. The summed E-state index contributed by atoms with van der Waals surface area (Å²) in [6.07, 6.45) is 29.7. The summed E-state index contributed by atoms with van der Waals surface area (Å²) in [6, 6.07) is 53.7. The molecule has 4 atom stereocenters. The Morgan fingerprint density at radius 1 is 0.367 bits per heavy atom. The molecule has 0 heterocycles. The predicted molar refractivity (Wildman–Crippen MR) is 248 cm³/mol. The van der Waals surface area contributed by atoms with Crippen LogP contribution in [0.4, 0.5) is 0 Å². The van der Waals surface area contributed by atoms with Crippen LogP contribution in [0, 0.1) is 59.2 Å². The average molecular weight is 775 g/mol. The Morgan fingerprint density at radius 2 is 0.683 bits per heavy atom. The van der Waals surface area contributed by atoms with Crippen molar-refractivity contribution < 1.29 is 0 Å². The molecule has 0 N–H and O–H groups in total. The molecule has 60 heavy (non-hydrogen) atoms. The zero-order valence-corrected chi connectivity index (χ0v) is 34.8. The zero-order chi connectivity index (χ0) is 40.1. The van der Waals surface area contributed by atoms with Crippen molar-refractivity contribution in [1.82, 2.24) is 0 Å². The van der Waals surface area contributed by atoms with Crippen LogP contribution in [0.3, 0.4) is 0 Å². The van der Waals surface area contributed by atoms with E-state index in [1.165, 1.54) is 133 Å². The Labute approximate surface area is 357 Å². The molecule has 0 radical (unpaired) electrons. The van der Waals surface area contributed by atoms with Crippen molar-refractivity contribution >= 4 is 0 Å². The molecule has 8 aliphatic rings. The maximum Gasteiger partial charge on any atom is 0.0364 e. The fraction of sp³-hybridized carbons (Fsp3) is 0.333. The number of hydrogen-bond acceptors (Lipinski definition) is 0. The van der Waals surface area contributed by atoms with E-state index in [4.69, 9.17) is 12.8 Å². The highest BCUT2D eigenvalue weighted by atomic mass is 14.7. The van der Waals surface area contributed by atoms with Gasteiger partial charge in [-0.1, -0.05) is 157 Å². The van der Waals surface area contributed by atoms with Gasteiger partial charge < -0.3 is 0 Å². The largest absolute Gasteiger partial charge is 0.115 e. The predicted octanol–water partition coefficient (Wildman–Crippen LogP) is 14.7. The molecule has 0 aromatic heterocycles. The lowest BCUT2D eigenvalue weighted by molar-refractivity contribution is -0.212. The summed E-state index contributed by atoms with van der Waals surface area (Å²) in [5.41, 5.74) is 16.0. The second-order valence-electron chi connectivity index (χ2n) is 20.6. The van der Waals surface area contributed by atoms with E-state index in [2.05, 4.69) is 157 Å². The summed E-state index contributed by atoms with van der Waals surface area (Å²) in [5.74, 6) is 9.88. The Morgan fingerprint density at radius 3 is 1.00 bits per heavy atom. The lowest BCUT2D eigenvalue weighted by Crippen LogP contribution is -2.66. The van der Waals surface area contributed by atoms with Gasteiger partial charge in [0, 0.05) is 22.3 Å². The van der Waals surface area contributed by atoms with Crippen molar-refractivity contribution in [3.63, 3.8) is 0 Å². The zero-order valence-electron chi connectivity index (χ0n) is 34.8. The van der Waals surface area contributed by atoms with Gasteiger partial charge in [0.15, 0.2) is 0 Å². The van der Waals surface area contributed by atoms with Crippen LogP contribution >= 0.6 is 0 Å². The van der Waals surface area contributed by atoms with Crippen molar-refractivity contribution in [1.29, 1.82) is 0 Å². The van der Waals surface area contributed by atoms with Crippen LogP contribution in [0.5, 0.6) is 0 Å². The van der Waals surface area contributed by atoms with Crippen LogP contribution in [0.25, 0.3) is 44.5 Å². The minimum atomic E-state index is 0.114. The summed E-state index contributed by atoms with van der Waals surface area (Å²) in [6.45, 7) is 0. The molecule has 294 valence electrons. The van der Waals surface area contributed by atoms with Crippen LogP contribution in [0.1, 0.15) is 99.3 Å². The van der Waals surface area contributed by atoms with Gasteiger partial charge in [0.2, 0.25) is 0 Å². The topological polar surface area (TPSA) is 0 Å². The van der Waals surface area contributed by atoms with Crippen LogP contribution in [0.2, 0.25) is 0 Å². The summed E-state index contributed by atoms with van der Waals surface area (Å²) in [7, 11) is 0. The highest BCUT2D eigenvalue weighted by molar-refractivity contribution is 5.90. The van der Waals surface area contributed by atoms with Gasteiger partial charge in [-0.3, -0.25) is 0 Å². The summed E-state index contributed by atoms with van der Waals surface area (Å²) >= 11 is 0. The van der Waals surface area contributed by atoms with Gasteiger partial charge in [-0.05, 0) is 167 Å². The third-order valence-corrected chi connectivity index (χ3v) is 17.4. The molecule has 0 heteroatoms. The van der Waals surface area contributed by atoms with Crippen molar-refractivity contribution in [3.8, 4) is 69.2 Å². The highest BCUT2D eigenvalue weighted by Crippen LogP contribution is 2.79. The van der Waals surface area contributed by atoms with Crippen LogP contribution in [0.15, 0.2) is 146 Å². The van der Waals surface area contributed by atoms with Gasteiger partial charge in [-0.15, -0.1) is 12.8 Å². The monoisotopic (exact) mass is 774 g/mol. The standard InChI is InChI=1S/C60H54/c1-3-49-53(27-25-51(45-17-9-5-10-18-45)55(49)47-21-13-7-14-22-47)57-31-41-29-42(32-57)36-59(35-41,39-57)60-37-43-30-44(38-60)34-58(33-43,40-60)54-28-26-52(46-19-11-6-12-20-46)56(50(54)4-2)48-23-15-8-16-24-48/h1-2,5-28,41-44H,29-40H2. The van der Waals surface area contributed by atoms with E-state index in [9.17, 15) is 0 Å². The van der Waals surface area contributed by atoms with E-state index in [1.807, 2.05) is 0 Å². The number of hydrogen-bond donors (Lipinski definition) is 0. The normalized spacial score (nSPS) is 31.8. The van der Waals surface area contributed by atoms with Gasteiger partial charge in [-0.2, -0.15) is 0 Å². The average Bonchev–Trinajstić information content (AvgIpc) is 3.28. The van der Waals surface area contributed by atoms with Crippen LogP contribution < -0.4 is 0 Å². The SMILES string of the molecule is C#Cc1c(C23CC4CC(C2)CC(C25CC6CC(CC(c7ccc(-c8ccccc8)c(-c8ccccc8)c7C#C)(C6)C2)C5)(C4)C3)ccc(-c2ccccc2)c1-c1ccccc1. The quantitative estimate of drug-likeness (QED) is 0.142. The molecule has 0 saturated heterocycles. The van der Waals surface area contributed by atoms with Gasteiger partial charge in [0.05, 0.1) is 0 Å². The maximum absolute atomic E-state index is 6.78. The third-order valence-electron chi connectivity index (χ3n) is 17.4. The van der Waals surface area contributed by atoms with Gasteiger partial charge in [0.1, 0.15) is 0 Å². The Hall–Kier alpha value is -5.56. The fourth-order valence-corrected chi connectivity index (χ4v) is 16.3. The molecule has 0 aliphatic heterocycles. The molecular formula is C60H54. The van der Waals surface area contributed by atoms with Gasteiger partial charge >= 0.3 is 0 Å². The van der Waals surface area contributed by atoms with E-state index < -0.39 is 0 Å². The Balaban J connectivity index is 0.998. The Kier molecular flexibility index (Phi) is 8.15. The molecule has 8 saturated carbocycles. The molecule has 8 bridgehead atoms. The third kappa shape index (κ3) is 5.32. The lowest BCUT2D eigenvalue weighted by Gasteiger charge is -2.74. The summed E-state index contributed by atoms with van der Waals surface area (Å²) in [5, 5.41) is 0. The van der Waals surface area contributed by atoms with Crippen LogP contribution in [-0.2, 0) is 10.8 Å². The van der Waals surface area contributed by atoms with Crippen molar-refractivity contribution in [2.24, 2.45) is 34.5 Å². The molecule has 14 rings (SSSR count). The summed E-state index contributed by atoms with van der Waals surface area (Å²) in [4.78, 5) is 0. The van der Waals surface area contributed by atoms with Gasteiger partial charge in [0.25, 0.3) is 0 Å². The maximum atomic E-state index is 6.78. The first-order chi connectivity index (χ1) is 29.4. The molecule has 0 amide bonds. The first-order valence-electron chi connectivity index (χ1n) is 22.9. The molecule has 4 unspecified atom stereocenters. The molecule has 0 nitrogen and oxygen atoms in total. The number of benzene rings is 6. The van der Waals surface area contributed by atoms with Crippen molar-refractivity contribution in [3.05, 3.63) is 168 Å². The van der Waals surface area contributed by atoms with Crippen LogP contribution in [-0.4, -0.2) is 0 Å². The fourth-order valence-electron chi connectivity index (χ4n) is 16.3. The van der Waals surface area contributed by atoms with Crippen molar-refractivity contribution in [2.45, 2.75) is 87.9 Å². The lowest BCUT2D eigenvalue weighted by atomic mass is 9.30. The van der Waals surface area contributed by atoms with E-state index >= 15 is 0 Å². The van der Waals surface area contributed by atoms with E-state index in [-0.39, 0.29) is 10.8 Å². The minimum absolute atomic E-state index is 0.114. The smallest absolute Gasteiger partial charge is 0.0364 e. The molecule has 6 aromatic carbocycles. The highest BCUT2D eigenvalue weighted by Gasteiger charge is 2.70. The second-order valence-corrected chi connectivity index (χ2v) is 20.6. The molecule has 6 aromatic rings. The second kappa shape index (κ2) is 13.5. The van der Waals surface area contributed by atoms with E-state index in [0.717, 1.165) is 34.8 Å². The Bertz CT molecular complexity index is 2490. The molecular weight excluding hydrogens is 721 g/mol. The number of terminal acetylenes is 2. The van der Waals surface area contributed by atoms with E-state index in [0.29, 0.717) is 10.8 Å². The minimum Gasteiger partial charge on any atom is -0.115 e. The molecule has 8 fully saturated rings. The summed E-state index contributed by atoms with van der Waals surface area (Å²) < 4.78 is 0. The van der Waals surface area contributed by atoms with E-state index in [1.54, 1.807) is 0 Å². The first kappa shape index (κ1) is 36.3. The van der Waals surface area contributed by atoms with Gasteiger partial charge in [-0.25, -0.2) is 0 Å². The van der Waals surface area contributed by atoms with Crippen molar-refractivity contribution in [2.75, 3.05) is 0 Å². The number of rotatable bonds is 7. The molecule has 8 aliphatic carbocycles.